The molecule has 4 rings (SSSR count). The Labute approximate surface area is 154 Å². The van der Waals surface area contributed by atoms with Gasteiger partial charge in [0.1, 0.15) is 12.1 Å². The average Bonchev–Trinajstić information content (AvgIpc) is 3.21. The summed E-state index contributed by atoms with van der Waals surface area (Å²) in [5.74, 6) is -3.22. The third-order valence-corrected chi connectivity index (χ3v) is 4.59. The van der Waals surface area contributed by atoms with Crippen LogP contribution in [-0.2, 0) is 11.0 Å². The molecule has 0 fully saturated rings. The molecule has 0 saturated carbocycles. The molecule has 2 heterocycles. The number of nitrogens with one attached hydrogen (secondary N) is 1. The minimum atomic E-state index is -4.80. The van der Waals surface area contributed by atoms with Crippen LogP contribution in [0.5, 0.6) is 0 Å². The van der Waals surface area contributed by atoms with Crippen LogP contribution < -0.4 is 5.32 Å². The Kier molecular flexibility index (Phi) is 3.96. The first-order chi connectivity index (χ1) is 12.8. The first-order valence-electron chi connectivity index (χ1n) is 7.67. The monoisotopic (exact) mass is 396 g/mol. The highest BCUT2D eigenvalue weighted by Crippen LogP contribution is 2.48. The van der Waals surface area contributed by atoms with Crippen molar-refractivity contribution in [1.82, 2.24) is 4.98 Å². The Hall–Kier alpha value is -2.87. The standard InChI is InChI=1S/C18H9ClF4N2O2/c19-10-2-1-3-11(20)14(10)15-13-9(18(21,22)23)6-8(17-24-4-5-27-17)7-12(13)25-16(15)26/h1-7,15H,(H,25,26). The summed E-state index contributed by atoms with van der Waals surface area (Å²) < 4.78 is 60.7. The largest absolute Gasteiger partial charge is 0.445 e. The number of halogens is 5. The first kappa shape index (κ1) is 17.5. The Morgan fingerprint density at radius 1 is 1.19 bits per heavy atom. The number of benzene rings is 2. The summed E-state index contributed by atoms with van der Waals surface area (Å²) in [5.41, 5.74) is -1.82. The molecular weight excluding hydrogens is 388 g/mol. The van der Waals surface area contributed by atoms with E-state index in [4.69, 9.17) is 16.0 Å². The minimum Gasteiger partial charge on any atom is -0.445 e. The number of rotatable bonds is 2. The van der Waals surface area contributed by atoms with Gasteiger partial charge in [0.25, 0.3) is 0 Å². The molecule has 138 valence electrons. The molecule has 0 radical (unpaired) electrons. The molecule has 1 atom stereocenters. The van der Waals surface area contributed by atoms with Gasteiger partial charge >= 0.3 is 6.18 Å². The summed E-state index contributed by atoms with van der Waals surface area (Å²) in [4.78, 5) is 16.3. The van der Waals surface area contributed by atoms with Gasteiger partial charge in [0.2, 0.25) is 11.8 Å². The summed E-state index contributed by atoms with van der Waals surface area (Å²) >= 11 is 5.99. The van der Waals surface area contributed by atoms with Gasteiger partial charge in [0.05, 0.1) is 17.7 Å². The number of amides is 1. The topological polar surface area (TPSA) is 55.1 Å². The highest BCUT2D eigenvalue weighted by molar-refractivity contribution is 6.32. The van der Waals surface area contributed by atoms with Crippen molar-refractivity contribution < 1.29 is 26.8 Å². The normalized spacial score (nSPS) is 16.3. The van der Waals surface area contributed by atoms with E-state index in [9.17, 15) is 22.4 Å². The average molecular weight is 397 g/mol. The van der Waals surface area contributed by atoms with E-state index in [1.54, 1.807) is 0 Å². The van der Waals surface area contributed by atoms with Gasteiger partial charge in [0.15, 0.2) is 0 Å². The molecule has 2 aromatic carbocycles. The smallest absolute Gasteiger partial charge is 0.416 e. The zero-order chi connectivity index (χ0) is 19.3. The maximum atomic E-state index is 14.3. The lowest BCUT2D eigenvalue weighted by atomic mass is 9.87. The number of nitrogens with zero attached hydrogens (tertiary/aromatic N) is 1. The third kappa shape index (κ3) is 2.86. The van der Waals surface area contributed by atoms with Gasteiger partial charge in [-0.15, -0.1) is 0 Å². The lowest BCUT2D eigenvalue weighted by molar-refractivity contribution is -0.138. The first-order valence-corrected chi connectivity index (χ1v) is 8.05. The van der Waals surface area contributed by atoms with Crippen molar-refractivity contribution in [2.24, 2.45) is 0 Å². The second kappa shape index (κ2) is 6.09. The Morgan fingerprint density at radius 3 is 2.59 bits per heavy atom. The van der Waals surface area contributed by atoms with Crippen LogP contribution in [0.15, 0.2) is 47.2 Å². The van der Waals surface area contributed by atoms with Gasteiger partial charge in [-0.3, -0.25) is 4.79 Å². The zero-order valence-electron chi connectivity index (χ0n) is 13.3. The lowest BCUT2D eigenvalue weighted by Gasteiger charge is -2.18. The number of oxazole rings is 1. The quantitative estimate of drug-likeness (QED) is 0.603. The van der Waals surface area contributed by atoms with Crippen LogP contribution in [0.3, 0.4) is 0 Å². The molecule has 3 aromatic rings. The summed E-state index contributed by atoms with van der Waals surface area (Å²) in [6, 6.07) is 5.81. The fourth-order valence-electron chi connectivity index (χ4n) is 3.19. The van der Waals surface area contributed by atoms with Crippen molar-refractivity contribution in [3.05, 3.63) is 70.3 Å². The van der Waals surface area contributed by atoms with Gasteiger partial charge < -0.3 is 9.73 Å². The maximum Gasteiger partial charge on any atom is 0.416 e. The van der Waals surface area contributed by atoms with Crippen LogP contribution in [0.4, 0.5) is 23.2 Å². The van der Waals surface area contributed by atoms with Gasteiger partial charge in [0, 0.05) is 27.4 Å². The number of hydrogen-bond acceptors (Lipinski definition) is 3. The van der Waals surface area contributed by atoms with E-state index >= 15 is 0 Å². The Bertz CT molecular complexity index is 1030. The molecule has 0 spiro atoms. The second-order valence-electron chi connectivity index (χ2n) is 5.88. The Balaban J connectivity index is 1.99. The lowest BCUT2D eigenvalue weighted by Crippen LogP contribution is -2.17. The summed E-state index contributed by atoms with van der Waals surface area (Å²) in [6.07, 6.45) is -2.29. The van der Waals surface area contributed by atoms with E-state index < -0.39 is 29.4 Å². The van der Waals surface area contributed by atoms with Crippen molar-refractivity contribution in [2.75, 3.05) is 5.32 Å². The molecule has 1 aromatic heterocycles. The molecule has 1 aliphatic heterocycles. The predicted molar refractivity (Wildman–Crippen MR) is 88.8 cm³/mol. The molecule has 1 unspecified atom stereocenters. The van der Waals surface area contributed by atoms with Crippen LogP contribution in [0.2, 0.25) is 5.02 Å². The van der Waals surface area contributed by atoms with Crippen LogP contribution in [-0.4, -0.2) is 10.9 Å². The molecule has 1 aliphatic rings. The fourth-order valence-corrected chi connectivity index (χ4v) is 3.46. The summed E-state index contributed by atoms with van der Waals surface area (Å²) in [5, 5.41) is 2.25. The number of carbonyl (C=O) groups excluding carboxylic acids is 1. The van der Waals surface area contributed by atoms with Crippen molar-refractivity contribution in [3.63, 3.8) is 0 Å². The van der Waals surface area contributed by atoms with Gasteiger partial charge in [-0.2, -0.15) is 13.2 Å². The minimum absolute atomic E-state index is 0.0339. The molecule has 0 saturated heterocycles. The number of anilines is 1. The summed E-state index contributed by atoms with van der Waals surface area (Å²) in [7, 11) is 0. The predicted octanol–water partition coefficient (Wildman–Crippen LogP) is 5.24. The number of aromatic nitrogens is 1. The molecule has 4 nitrogen and oxygen atoms in total. The van der Waals surface area contributed by atoms with Gasteiger partial charge in [-0.1, -0.05) is 17.7 Å². The molecule has 0 aliphatic carbocycles. The van der Waals surface area contributed by atoms with Gasteiger partial charge in [-0.05, 0) is 24.3 Å². The molecular formula is C18H9ClF4N2O2. The maximum absolute atomic E-state index is 14.3. The highest BCUT2D eigenvalue weighted by Gasteiger charge is 2.44. The second-order valence-corrected chi connectivity index (χ2v) is 6.28. The van der Waals surface area contributed by atoms with E-state index in [1.807, 2.05) is 0 Å². The molecule has 1 N–H and O–H groups in total. The number of hydrogen-bond donors (Lipinski definition) is 1. The summed E-state index contributed by atoms with van der Waals surface area (Å²) in [6.45, 7) is 0. The zero-order valence-corrected chi connectivity index (χ0v) is 14.0. The van der Waals surface area contributed by atoms with Crippen LogP contribution in [0, 0.1) is 5.82 Å². The van der Waals surface area contributed by atoms with Gasteiger partial charge in [-0.25, -0.2) is 9.37 Å². The van der Waals surface area contributed by atoms with E-state index in [0.717, 1.165) is 12.1 Å². The van der Waals surface area contributed by atoms with E-state index in [-0.39, 0.29) is 33.3 Å². The molecule has 1 amide bonds. The fraction of sp³-hybridized carbons (Fsp3) is 0.111. The van der Waals surface area contributed by atoms with Crippen LogP contribution in [0.1, 0.15) is 22.6 Å². The van der Waals surface area contributed by atoms with E-state index in [0.29, 0.717) is 0 Å². The number of alkyl halides is 3. The third-order valence-electron chi connectivity index (χ3n) is 4.26. The van der Waals surface area contributed by atoms with Crippen molar-refractivity contribution >= 4 is 23.2 Å². The molecule has 0 bridgehead atoms. The molecule has 27 heavy (non-hydrogen) atoms. The van der Waals surface area contributed by atoms with Crippen molar-refractivity contribution in [2.45, 2.75) is 12.1 Å². The number of carbonyl (C=O) groups is 1. The SMILES string of the molecule is O=C1Nc2cc(-c3ncco3)cc(C(F)(F)F)c2C1c1c(F)cccc1Cl. The van der Waals surface area contributed by atoms with E-state index in [2.05, 4.69) is 10.3 Å². The highest BCUT2D eigenvalue weighted by atomic mass is 35.5. The van der Waals surface area contributed by atoms with Crippen molar-refractivity contribution in [1.29, 1.82) is 0 Å². The van der Waals surface area contributed by atoms with Crippen molar-refractivity contribution in [3.8, 4) is 11.5 Å². The molecule has 9 heteroatoms. The van der Waals surface area contributed by atoms with E-state index in [1.165, 1.54) is 30.7 Å². The van der Waals surface area contributed by atoms with Crippen LogP contribution in [0.25, 0.3) is 11.5 Å². The number of fused-ring (bicyclic) bond motifs is 1. The Morgan fingerprint density at radius 2 is 1.96 bits per heavy atom. The van der Waals surface area contributed by atoms with Crippen LogP contribution >= 0.6 is 11.6 Å².